The normalized spacial score (nSPS) is 18.8. The van der Waals surface area contributed by atoms with Crippen LogP contribution in [-0.4, -0.2) is 34.0 Å². The Morgan fingerprint density at radius 2 is 2.24 bits per heavy atom. The first kappa shape index (κ1) is 17.7. The topological polar surface area (TPSA) is 83.7 Å². The van der Waals surface area contributed by atoms with Gasteiger partial charge in [-0.25, -0.2) is 0 Å². The van der Waals surface area contributed by atoms with E-state index in [2.05, 4.69) is 0 Å². The van der Waals surface area contributed by atoms with E-state index in [1.54, 1.807) is 12.1 Å². The highest BCUT2D eigenvalue weighted by molar-refractivity contribution is 6.30. The number of aliphatic carboxylic acids is 1. The van der Waals surface area contributed by atoms with Gasteiger partial charge in [0.05, 0.1) is 10.8 Å². The van der Waals surface area contributed by atoms with Crippen LogP contribution in [0.1, 0.15) is 18.4 Å². The van der Waals surface area contributed by atoms with Crippen molar-refractivity contribution < 1.29 is 14.8 Å². The first-order chi connectivity index (χ1) is 9.47. The molecule has 1 atom stereocenters. The number of halogens is 2. The fourth-order valence-corrected chi connectivity index (χ4v) is 2.65. The predicted molar refractivity (Wildman–Crippen MR) is 81.0 cm³/mol. The van der Waals surface area contributed by atoms with Gasteiger partial charge in [0.1, 0.15) is 0 Å². The Morgan fingerprint density at radius 1 is 1.52 bits per heavy atom. The van der Waals surface area contributed by atoms with Crippen LogP contribution in [0.2, 0.25) is 5.02 Å². The number of nitro groups is 1. The van der Waals surface area contributed by atoms with Crippen molar-refractivity contribution in [3.05, 3.63) is 38.9 Å². The number of likely N-dealkylation sites (tertiary alicyclic amines) is 1. The number of piperidine rings is 1. The molecule has 116 valence electrons. The van der Waals surface area contributed by atoms with Crippen molar-refractivity contribution in [2.24, 2.45) is 5.92 Å². The van der Waals surface area contributed by atoms with Crippen molar-refractivity contribution in [3.63, 3.8) is 0 Å². The van der Waals surface area contributed by atoms with Gasteiger partial charge in [-0.3, -0.25) is 19.8 Å². The summed E-state index contributed by atoms with van der Waals surface area (Å²) in [6.45, 7) is 1.55. The van der Waals surface area contributed by atoms with Crippen LogP contribution in [0.3, 0.4) is 0 Å². The lowest BCUT2D eigenvalue weighted by atomic mass is 9.98. The summed E-state index contributed by atoms with van der Waals surface area (Å²) in [6.07, 6.45) is 1.45. The van der Waals surface area contributed by atoms with Crippen molar-refractivity contribution in [1.82, 2.24) is 4.90 Å². The van der Waals surface area contributed by atoms with E-state index in [1.807, 2.05) is 4.90 Å². The van der Waals surface area contributed by atoms with E-state index < -0.39 is 16.8 Å². The molecule has 1 saturated heterocycles. The molecular weight excluding hydrogens is 319 g/mol. The van der Waals surface area contributed by atoms with E-state index in [0.717, 1.165) is 13.0 Å². The molecule has 1 heterocycles. The van der Waals surface area contributed by atoms with Gasteiger partial charge in [0.15, 0.2) is 0 Å². The van der Waals surface area contributed by atoms with Gasteiger partial charge in [-0.2, -0.15) is 0 Å². The molecular formula is C13H16Cl2N2O4. The van der Waals surface area contributed by atoms with Crippen LogP contribution in [0.4, 0.5) is 5.69 Å². The van der Waals surface area contributed by atoms with Gasteiger partial charge in [-0.05, 0) is 31.5 Å². The highest BCUT2D eigenvalue weighted by Crippen LogP contribution is 2.26. The molecule has 2 rings (SSSR count). The number of rotatable bonds is 4. The minimum atomic E-state index is -0.805. The molecule has 0 saturated carbocycles. The average Bonchev–Trinajstić information content (AvgIpc) is 2.41. The number of carboxylic acid groups (broad SMARTS) is 1. The van der Waals surface area contributed by atoms with Crippen LogP contribution in [0.5, 0.6) is 0 Å². The summed E-state index contributed by atoms with van der Waals surface area (Å²) < 4.78 is 0. The lowest BCUT2D eigenvalue weighted by Gasteiger charge is -2.30. The second kappa shape index (κ2) is 7.59. The van der Waals surface area contributed by atoms with Gasteiger partial charge >= 0.3 is 5.97 Å². The monoisotopic (exact) mass is 334 g/mol. The van der Waals surface area contributed by atoms with E-state index in [4.69, 9.17) is 16.7 Å². The first-order valence-electron chi connectivity index (χ1n) is 6.35. The standard InChI is InChI=1S/C13H15ClN2O4.ClH/c14-11-4-3-9(12(6-11)16(19)20)7-15-5-1-2-10(8-15)13(17)18;/h3-4,6,10H,1-2,5,7-8H2,(H,17,18);1H. The molecule has 1 aliphatic rings. The van der Waals surface area contributed by atoms with Crippen molar-refractivity contribution in [2.75, 3.05) is 13.1 Å². The second-order valence-corrected chi connectivity index (χ2v) is 5.38. The van der Waals surface area contributed by atoms with Crippen LogP contribution in [0.25, 0.3) is 0 Å². The number of hydrogen-bond donors (Lipinski definition) is 1. The van der Waals surface area contributed by atoms with Gasteiger partial charge in [0, 0.05) is 29.7 Å². The Bertz CT molecular complexity index is 539. The zero-order chi connectivity index (χ0) is 14.7. The Hall–Kier alpha value is -1.37. The fraction of sp³-hybridized carbons (Fsp3) is 0.462. The number of benzene rings is 1. The highest BCUT2D eigenvalue weighted by Gasteiger charge is 2.26. The fourth-order valence-electron chi connectivity index (χ4n) is 2.48. The van der Waals surface area contributed by atoms with Crippen molar-refractivity contribution in [1.29, 1.82) is 0 Å². The Balaban J connectivity index is 0.00000220. The molecule has 1 fully saturated rings. The van der Waals surface area contributed by atoms with Crippen molar-refractivity contribution in [2.45, 2.75) is 19.4 Å². The number of carboxylic acids is 1. The summed E-state index contributed by atoms with van der Waals surface area (Å²) in [5, 5.41) is 20.4. The lowest BCUT2D eigenvalue weighted by molar-refractivity contribution is -0.385. The molecule has 0 aromatic heterocycles. The van der Waals surface area contributed by atoms with Gasteiger partial charge in [0.2, 0.25) is 0 Å². The van der Waals surface area contributed by atoms with Crippen LogP contribution < -0.4 is 0 Å². The molecule has 0 radical (unpaired) electrons. The van der Waals surface area contributed by atoms with Crippen LogP contribution >= 0.6 is 24.0 Å². The zero-order valence-corrected chi connectivity index (χ0v) is 12.8. The maximum Gasteiger partial charge on any atom is 0.307 e. The number of nitrogens with zero attached hydrogens (tertiary/aromatic N) is 2. The molecule has 0 bridgehead atoms. The summed E-state index contributed by atoms with van der Waals surface area (Å²) in [5.41, 5.74) is 0.542. The van der Waals surface area contributed by atoms with E-state index >= 15 is 0 Å². The quantitative estimate of drug-likeness (QED) is 0.675. The summed E-state index contributed by atoms with van der Waals surface area (Å²) >= 11 is 5.77. The summed E-state index contributed by atoms with van der Waals surface area (Å²) in [7, 11) is 0. The van der Waals surface area contributed by atoms with Crippen LogP contribution in [0.15, 0.2) is 18.2 Å². The molecule has 6 nitrogen and oxygen atoms in total. The van der Waals surface area contributed by atoms with Gasteiger partial charge in [-0.1, -0.05) is 11.6 Å². The third-order valence-corrected chi connectivity index (χ3v) is 3.73. The predicted octanol–water partition coefficient (Wildman–Crippen LogP) is 2.97. The molecule has 1 aromatic rings. The number of nitro benzene ring substituents is 1. The van der Waals surface area contributed by atoms with Gasteiger partial charge in [-0.15, -0.1) is 12.4 Å². The SMILES string of the molecule is Cl.O=C(O)C1CCCN(Cc2ccc(Cl)cc2[N+](=O)[O-])C1. The molecule has 1 aromatic carbocycles. The minimum Gasteiger partial charge on any atom is -0.481 e. The molecule has 21 heavy (non-hydrogen) atoms. The number of carbonyl (C=O) groups is 1. The van der Waals surface area contributed by atoms with Gasteiger partial charge in [0.25, 0.3) is 5.69 Å². The average molecular weight is 335 g/mol. The Labute approximate surface area is 133 Å². The molecule has 1 unspecified atom stereocenters. The summed E-state index contributed by atoms with van der Waals surface area (Å²) in [6, 6.07) is 4.57. The van der Waals surface area contributed by atoms with E-state index in [-0.39, 0.29) is 18.1 Å². The third kappa shape index (κ3) is 4.56. The Morgan fingerprint density at radius 3 is 2.86 bits per heavy atom. The highest BCUT2D eigenvalue weighted by atomic mass is 35.5. The zero-order valence-electron chi connectivity index (χ0n) is 11.2. The summed E-state index contributed by atoms with van der Waals surface area (Å²) in [4.78, 5) is 23.5. The Kier molecular flexibility index (Phi) is 6.39. The van der Waals surface area contributed by atoms with Crippen LogP contribution in [0, 0.1) is 16.0 Å². The smallest absolute Gasteiger partial charge is 0.307 e. The van der Waals surface area contributed by atoms with Crippen molar-refractivity contribution >= 4 is 35.7 Å². The maximum absolute atomic E-state index is 11.0. The lowest BCUT2D eigenvalue weighted by Crippen LogP contribution is -2.38. The molecule has 8 heteroatoms. The van der Waals surface area contributed by atoms with Crippen molar-refractivity contribution in [3.8, 4) is 0 Å². The maximum atomic E-state index is 11.0. The van der Waals surface area contributed by atoms with E-state index in [0.29, 0.717) is 30.1 Å². The van der Waals surface area contributed by atoms with Crippen LogP contribution in [-0.2, 0) is 11.3 Å². The number of hydrogen-bond acceptors (Lipinski definition) is 4. The summed E-state index contributed by atoms with van der Waals surface area (Å²) in [5.74, 6) is -1.20. The molecule has 0 aliphatic carbocycles. The molecule has 0 amide bonds. The first-order valence-corrected chi connectivity index (χ1v) is 6.73. The minimum absolute atomic E-state index is 0. The third-order valence-electron chi connectivity index (χ3n) is 3.49. The van der Waals surface area contributed by atoms with Gasteiger partial charge < -0.3 is 5.11 Å². The molecule has 1 aliphatic heterocycles. The molecule has 0 spiro atoms. The second-order valence-electron chi connectivity index (χ2n) is 4.94. The van der Waals surface area contributed by atoms with E-state index in [1.165, 1.54) is 6.07 Å². The molecule has 1 N–H and O–H groups in total. The largest absolute Gasteiger partial charge is 0.481 e. The van der Waals surface area contributed by atoms with E-state index in [9.17, 15) is 14.9 Å².